The van der Waals surface area contributed by atoms with Gasteiger partial charge in [-0.25, -0.2) is 0 Å². The molecule has 1 N–H and O–H groups in total. The Labute approximate surface area is 140 Å². The van der Waals surface area contributed by atoms with Gasteiger partial charge in [-0.05, 0) is 58.5 Å². The smallest absolute Gasteiger partial charge is 0.0658 e. The Morgan fingerprint density at radius 3 is 2.74 bits per heavy atom. The van der Waals surface area contributed by atoms with E-state index in [0.717, 1.165) is 13.1 Å². The Bertz CT molecular complexity index is 473. The number of rotatable bonds is 7. The monoisotopic (exact) mass is 320 g/mol. The molecule has 0 aromatic carbocycles. The predicted octanol–water partition coefficient (Wildman–Crippen LogP) is 2.42. The van der Waals surface area contributed by atoms with Crippen LogP contribution >= 0.6 is 0 Å². The molecule has 2 aliphatic rings. The normalized spacial score (nSPS) is 29.2. The van der Waals surface area contributed by atoms with Crippen LogP contribution in [0.15, 0.2) is 12.4 Å². The van der Waals surface area contributed by atoms with E-state index in [1.165, 1.54) is 57.2 Å². The highest BCUT2D eigenvalue weighted by molar-refractivity contribution is 5.04. The molecular weight excluding hydrogens is 288 g/mol. The highest BCUT2D eigenvalue weighted by Crippen LogP contribution is 2.35. The van der Waals surface area contributed by atoms with Gasteiger partial charge in [0.2, 0.25) is 0 Å². The summed E-state index contributed by atoms with van der Waals surface area (Å²) in [7, 11) is 1.73. The molecule has 0 bridgehead atoms. The minimum Gasteiger partial charge on any atom is -0.383 e. The summed E-state index contributed by atoms with van der Waals surface area (Å²) in [6.07, 6.45) is 12.1. The minimum atomic E-state index is 0.458. The Balaban J connectivity index is 1.41. The highest BCUT2D eigenvalue weighted by Gasteiger charge is 2.37. The zero-order chi connectivity index (χ0) is 16.1. The average Bonchev–Trinajstić information content (AvgIpc) is 3.24. The summed E-state index contributed by atoms with van der Waals surface area (Å²) in [5.74, 6) is 0. The lowest BCUT2D eigenvalue weighted by Crippen LogP contribution is -2.49. The van der Waals surface area contributed by atoms with Crippen LogP contribution in [-0.4, -0.2) is 53.1 Å². The predicted molar refractivity (Wildman–Crippen MR) is 92.4 cm³/mol. The molecule has 1 aromatic heterocycles. The van der Waals surface area contributed by atoms with Crippen LogP contribution in [0.4, 0.5) is 0 Å². The lowest BCUT2D eigenvalue weighted by atomic mass is 9.79. The first-order valence-corrected chi connectivity index (χ1v) is 9.18. The fourth-order valence-corrected chi connectivity index (χ4v) is 4.08. The fourth-order valence-electron chi connectivity index (χ4n) is 4.08. The molecule has 0 unspecified atom stereocenters. The van der Waals surface area contributed by atoms with Crippen LogP contribution in [0.2, 0.25) is 0 Å². The van der Waals surface area contributed by atoms with Gasteiger partial charge in [-0.2, -0.15) is 5.10 Å². The largest absolute Gasteiger partial charge is 0.383 e. The zero-order valence-corrected chi connectivity index (χ0v) is 14.8. The van der Waals surface area contributed by atoms with E-state index < -0.39 is 0 Å². The van der Waals surface area contributed by atoms with Gasteiger partial charge in [0, 0.05) is 37.0 Å². The van der Waals surface area contributed by atoms with Crippen LogP contribution in [-0.2, 0) is 17.8 Å². The van der Waals surface area contributed by atoms with Crippen molar-refractivity contribution < 1.29 is 4.74 Å². The van der Waals surface area contributed by atoms with E-state index in [2.05, 4.69) is 28.4 Å². The number of ether oxygens (including phenoxy) is 1. The summed E-state index contributed by atoms with van der Waals surface area (Å²) in [6.45, 7) is 7.58. The van der Waals surface area contributed by atoms with Gasteiger partial charge in [0.05, 0.1) is 19.3 Å². The number of aromatic nitrogens is 2. The van der Waals surface area contributed by atoms with E-state index in [1.807, 2.05) is 10.9 Å². The summed E-state index contributed by atoms with van der Waals surface area (Å²) in [5, 5.41) is 8.12. The molecule has 1 aliphatic heterocycles. The van der Waals surface area contributed by atoms with Crippen molar-refractivity contribution in [3.8, 4) is 0 Å². The Morgan fingerprint density at radius 1 is 1.30 bits per heavy atom. The van der Waals surface area contributed by atoms with E-state index in [0.29, 0.717) is 18.2 Å². The third kappa shape index (κ3) is 4.34. The third-order valence-electron chi connectivity index (χ3n) is 5.74. The number of likely N-dealkylation sites (tertiary alicyclic amines) is 1. The van der Waals surface area contributed by atoms with Crippen LogP contribution in [0.25, 0.3) is 0 Å². The van der Waals surface area contributed by atoms with Crippen LogP contribution in [0.3, 0.4) is 0 Å². The molecule has 0 spiro atoms. The van der Waals surface area contributed by atoms with Crippen molar-refractivity contribution in [3.63, 3.8) is 0 Å². The molecular formula is C18H32N4O. The first-order valence-electron chi connectivity index (χ1n) is 9.18. The highest BCUT2D eigenvalue weighted by atomic mass is 16.5. The first kappa shape index (κ1) is 16.9. The molecule has 1 aliphatic carbocycles. The molecule has 5 nitrogen and oxygen atoms in total. The molecule has 130 valence electrons. The van der Waals surface area contributed by atoms with Crippen molar-refractivity contribution in [2.24, 2.45) is 0 Å². The minimum absolute atomic E-state index is 0.458. The van der Waals surface area contributed by atoms with E-state index in [4.69, 9.17) is 4.74 Å². The Kier molecular flexibility index (Phi) is 5.72. The van der Waals surface area contributed by atoms with Crippen molar-refractivity contribution in [1.29, 1.82) is 0 Å². The molecule has 0 amide bonds. The van der Waals surface area contributed by atoms with Gasteiger partial charge in [0.15, 0.2) is 0 Å². The van der Waals surface area contributed by atoms with Gasteiger partial charge in [0.25, 0.3) is 0 Å². The SMILES string of the molecule is COCCn1cc(CNC2CCC(C)(N3CCCC3)CC2)cn1. The first-order chi connectivity index (χ1) is 11.2. The molecule has 5 heteroatoms. The molecule has 2 heterocycles. The summed E-state index contributed by atoms with van der Waals surface area (Å²) in [5.41, 5.74) is 1.73. The Morgan fingerprint density at radius 2 is 2.04 bits per heavy atom. The number of nitrogens with zero attached hydrogens (tertiary/aromatic N) is 3. The summed E-state index contributed by atoms with van der Waals surface area (Å²) in [6, 6.07) is 0.660. The van der Waals surface area contributed by atoms with E-state index in [1.54, 1.807) is 7.11 Å². The maximum atomic E-state index is 5.09. The van der Waals surface area contributed by atoms with Crippen molar-refractivity contribution in [3.05, 3.63) is 18.0 Å². The van der Waals surface area contributed by atoms with E-state index in [-0.39, 0.29) is 0 Å². The van der Waals surface area contributed by atoms with Gasteiger partial charge < -0.3 is 10.1 Å². The van der Waals surface area contributed by atoms with Crippen molar-refractivity contribution in [2.45, 2.75) is 70.1 Å². The number of nitrogens with one attached hydrogen (secondary N) is 1. The van der Waals surface area contributed by atoms with E-state index in [9.17, 15) is 0 Å². The Hall–Kier alpha value is -0.910. The molecule has 3 rings (SSSR count). The summed E-state index contributed by atoms with van der Waals surface area (Å²) < 4.78 is 7.06. The second-order valence-electron chi connectivity index (χ2n) is 7.45. The molecule has 1 saturated heterocycles. The molecule has 2 fully saturated rings. The van der Waals surface area contributed by atoms with E-state index >= 15 is 0 Å². The standard InChI is InChI=1S/C18H32N4O/c1-18(21-9-3-4-10-21)7-5-17(6-8-18)19-13-16-14-20-22(15-16)11-12-23-2/h14-15,17,19H,3-13H2,1-2H3. The molecule has 0 radical (unpaired) electrons. The van der Waals surface area contributed by atoms with Crippen molar-refractivity contribution >= 4 is 0 Å². The quantitative estimate of drug-likeness (QED) is 0.838. The lowest BCUT2D eigenvalue weighted by Gasteiger charge is -2.44. The van der Waals surface area contributed by atoms with Crippen molar-refractivity contribution in [2.75, 3.05) is 26.8 Å². The lowest BCUT2D eigenvalue weighted by molar-refractivity contribution is 0.0795. The van der Waals surface area contributed by atoms with Crippen LogP contribution in [0, 0.1) is 0 Å². The number of hydrogen-bond acceptors (Lipinski definition) is 4. The van der Waals surface area contributed by atoms with Gasteiger partial charge in [-0.15, -0.1) is 0 Å². The summed E-state index contributed by atoms with van der Waals surface area (Å²) >= 11 is 0. The van der Waals surface area contributed by atoms with Crippen LogP contribution < -0.4 is 5.32 Å². The number of hydrogen-bond donors (Lipinski definition) is 1. The maximum absolute atomic E-state index is 5.09. The second kappa shape index (κ2) is 7.77. The molecule has 1 aromatic rings. The summed E-state index contributed by atoms with van der Waals surface area (Å²) in [4.78, 5) is 2.74. The third-order valence-corrected chi connectivity index (χ3v) is 5.74. The second-order valence-corrected chi connectivity index (χ2v) is 7.45. The van der Waals surface area contributed by atoms with Gasteiger partial charge in [-0.1, -0.05) is 0 Å². The maximum Gasteiger partial charge on any atom is 0.0658 e. The van der Waals surface area contributed by atoms with Crippen molar-refractivity contribution in [1.82, 2.24) is 20.0 Å². The van der Waals surface area contributed by atoms with Crippen LogP contribution in [0.1, 0.15) is 51.0 Å². The average molecular weight is 320 g/mol. The van der Waals surface area contributed by atoms with Gasteiger partial charge in [0.1, 0.15) is 0 Å². The topological polar surface area (TPSA) is 42.3 Å². The molecule has 0 atom stereocenters. The fraction of sp³-hybridized carbons (Fsp3) is 0.833. The van der Waals surface area contributed by atoms with Gasteiger partial charge >= 0.3 is 0 Å². The number of methoxy groups -OCH3 is 1. The zero-order valence-electron chi connectivity index (χ0n) is 14.8. The molecule has 1 saturated carbocycles. The molecule has 23 heavy (non-hydrogen) atoms. The van der Waals surface area contributed by atoms with Gasteiger partial charge in [-0.3, -0.25) is 9.58 Å². The van der Waals surface area contributed by atoms with Crippen LogP contribution in [0.5, 0.6) is 0 Å².